The molecule has 3 rings (SSSR count). The number of nitro benzene ring substituents is 1. The van der Waals surface area contributed by atoms with Crippen molar-refractivity contribution in [2.75, 3.05) is 12.4 Å². The van der Waals surface area contributed by atoms with Crippen molar-refractivity contribution in [1.29, 1.82) is 0 Å². The fourth-order valence-corrected chi connectivity index (χ4v) is 4.05. The van der Waals surface area contributed by atoms with Crippen molar-refractivity contribution in [2.45, 2.75) is 11.7 Å². The number of hydrogen-bond donors (Lipinski definition) is 1. The molecule has 0 bridgehead atoms. The highest BCUT2D eigenvalue weighted by Crippen LogP contribution is 2.31. The number of aliphatic imine (C=N–C) groups is 1. The van der Waals surface area contributed by atoms with Crippen LogP contribution >= 0.6 is 34.4 Å². The molecule has 2 aromatic carbocycles. The average molecular weight is 510 g/mol. The number of halogens is 1. The van der Waals surface area contributed by atoms with Crippen LogP contribution in [0.2, 0.25) is 0 Å². The van der Waals surface area contributed by atoms with Crippen LogP contribution in [-0.2, 0) is 9.59 Å². The van der Waals surface area contributed by atoms with Gasteiger partial charge in [-0.15, -0.1) is 0 Å². The third-order valence-electron chi connectivity index (χ3n) is 3.94. The van der Waals surface area contributed by atoms with Crippen molar-refractivity contribution in [3.8, 4) is 0 Å². The van der Waals surface area contributed by atoms with E-state index in [0.29, 0.717) is 10.9 Å². The van der Waals surface area contributed by atoms with Gasteiger partial charge >= 0.3 is 0 Å². The number of para-hydroxylation sites is 2. The highest BCUT2D eigenvalue weighted by atomic mass is 127. The van der Waals surface area contributed by atoms with Crippen molar-refractivity contribution in [3.05, 3.63) is 62.2 Å². The van der Waals surface area contributed by atoms with Crippen molar-refractivity contribution in [3.63, 3.8) is 0 Å². The summed E-state index contributed by atoms with van der Waals surface area (Å²) in [7, 11) is 1.61. The Labute approximate surface area is 178 Å². The Hall–Kier alpha value is -2.47. The molecular formula is C18H15IN4O4S. The van der Waals surface area contributed by atoms with Crippen molar-refractivity contribution < 1.29 is 14.5 Å². The molecule has 1 aliphatic heterocycles. The summed E-state index contributed by atoms with van der Waals surface area (Å²) < 4.78 is 1.08. The zero-order chi connectivity index (χ0) is 20.3. The van der Waals surface area contributed by atoms with E-state index in [-0.39, 0.29) is 23.7 Å². The van der Waals surface area contributed by atoms with Crippen LogP contribution in [0.4, 0.5) is 17.1 Å². The summed E-state index contributed by atoms with van der Waals surface area (Å²) in [5.41, 5.74) is 0.626. The zero-order valence-corrected chi connectivity index (χ0v) is 17.6. The van der Waals surface area contributed by atoms with E-state index >= 15 is 0 Å². The van der Waals surface area contributed by atoms with Crippen molar-refractivity contribution >= 4 is 68.4 Å². The molecule has 28 heavy (non-hydrogen) atoms. The minimum absolute atomic E-state index is 0.106. The van der Waals surface area contributed by atoms with Gasteiger partial charge in [0.2, 0.25) is 11.8 Å². The molecule has 1 fully saturated rings. The lowest BCUT2D eigenvalue weighted by Crippen LogP contribution is -2.30. The van der Waals surface area contributed by atoms with E-state index in [9.17, 15) is 19.7 Å². The predicted molar refractivity (Wildman–Crippen MR) is 117 cm³/mol. The van der Waals surface area contributed by atoms with E-state index in [1.54, 1.807) is 13.1 Å². The van der Waals surface area contributed by atoms with Gasteiger partial charge in [-0.1, -0.05) is 23.9 Å². The van der Waals surface area contributed by atoms with E-state index in [2.05, 4.69) is 32.9 Å². The lowest BCUT2D eigenvalue weighted by Gasteiger charge is -2.09. The van der Waals surface area contributed by atoms with E-state index in [0.717, 1.165) is 3.57 Å². The van der Waals surface area contributed by atoms with E-state index in [1.807, 2.05) is 24.3 Å². The lowest BCUT2D eigenvalue weighted by atomic mass is 10.2. The topological polar surface area (TPSA) is 105 Å². The van der Waals surface area contributed by atoms with Gasteiger partial charge in [0, 0.05) is 23.1 Å². The number of thioether (sulfide) groups is 1. The number of rotatable bonds is 5. The normalized spacial score (nSPS) is 17.8. The maximum Gasteiger partial charge on any atom is 0.292 e. The highest BCUT2D eigenvalue weighted by Gasteiger charge is 2.37. The molecule has 0 aromatic heterocycles. The van der Waals surface area contributed by atoms with Crippen LogP contribution in [0.3, 0.4) is 0 Å². The van der Waals surface area contributed by atoms with Gasteiger partial charge < -0.3 is 5.32 Å². The standard InChI is InChI=1S/C18H15IN4O4S/c1-22-17(25)15(28-18(22)20-12-8-6-11(19)7-9-12)10-16(24)21-13-4-2-3-5-14(13)23(26)27/h2-9,15H,10H2,1H3,(H,21,24)/t15-/m1/s1. The third kappa shape index (κ3) is 4.68. The van der Waals surface area contributed by atoms with Gasteiger partial charge in [-0.2, -0.15) is 0 Å². The van der Waals surface area contributed by atoms with Gasteiger partial charge in [-0.25, -0.2) is 4.99 Å². The Kier molecular flexibility index (Phi) is 6.29. The van der Waals surface area contributed by atoms with Crippen LogP contribution in [0.25, 0.3) is 0 Å². The van der Waals surface area contributed by atoms with Crippen LogP contribution in [0.5, 0.6) is 0 Å². The monoisotopic (exact) mass is 510 g/mol. The number of nitro groups is 1. The number of nitrogens with zero attached hydrogens (tertiary/aromatic N) is 3. The second-order valence-corrected chi connectivity index (χ2v) is 8.32. The molecule has 1 N–H and O–H groups in total. The van der Waals surface area contributed by atoms with Gasteiger partial charge in [0.05, 0.1) is 10.6 Å². The molecule has 144 valence electrons. The molecule has 0 spiro atoms. The molecule has 0 aliphatic carbocycles. The molecular weight excluding hydrogens is 495 g/mol. The second-order valence-electron chi connectivity index (χ2n) is 5.90. The molecule has 2 amide bonds. The molecule has 10 heteroatoms. The largest absolute Gasteiger partial charge is 0.320 e. The van der Waals surface area contributed by atoms with Crippen LogP contribution in [0.1, 0.15) is 6.42 Å². The van der Waals surface area contributed by atoms with Crippen LogP contribution in [0.15, 0.2) is 53.5 Å². The number of carbonyl (C=O) groups is 2. The maximum absolute atomic E-state index is 12.5. The number of amides is 2. The Morgan fingerprint density at radius 1 is 1.29 bits per heavy atom. The Bertz CT molecular complexity index is 964. The third-order valence-corrected chi connectivity index (χ3v) is 5.89. The summed E-state index contributed by atoms with van der Waals surface area (Å²) >= 11 is 3.40. The number of carbonyl (C=O) groups excluding carboxylic acids is 2. The summed E-state index contributed by atoms with van der Waals surface area (Å²) in [4.78, 5) is 41.2. The fraction of sp³-hybridized carbons (Fsp3) is 0.167. The van der Waals surface area contributed by atoms with Gasteiger partial charge in [-0.3, -0.25) is 24.6 Å². The first-order chi connectivity index (χ1) is 13.3. The van der Waals surface area contributed by atoms with Crippen LogP contribution in [0, 0.1) is 13.7 Å². The fourth-order valence-electron chi connectivity index (χ4n) is 2.53. The molecule has 8 nitrogen and oxygen atoms in total. The lowest BCUT2D eigenvalue weighted by molar-refractivity contribution is -0.383. The SMILES string of the molecule is CN1C(=O)[C@@H](CC(=O)Nc2ccccc2[N+](=O)[O-])SC1=Nc1ccc(I)cc1. The van der Waals surface area contributed by atoms with Gasteiger partial charge in [0.25, 0.3) is 5.69 Å². The molecule has 2 aromatic rings. The number of benzene rings is 2. The smallest absolute Gasteiger partial charge is 0.292 e. The van der Waals surface area contributed by atoms with Crippen LogP contribution < -0.4 is 5.32 Å². The molecule has 0 unspecified atom stereocenters. The Balaban J connectivity index is 1.69. The first-order valence-electron chi connectivity index (χ1n) is 8.17. The highest BCUT2D eigenvalue weighted by molar-refractivity contribution is 14.1. The Morgan fingerprint density at radius 2 is 1.96 bits per heavy atom. The summed E-state index contributed by atoms with van der Waals surface area (Å²) in [6.45, 7) is 0. The molecule has 1 heterocycles. The first kappa shape index (κ1) is 20.3. The number of nitrogens with one attached hydrogen (secondary N) is 1. The number of anilines is 1. The summed E-state index contributed by atoms with van der Waals surface area (Å²) in [5.74, 6) is -0.698. The summed E-state index contributed by atoms with van der Waals surface area (Å²) in [5, 5.41) is 13.5. The van der Waals surface area contributed by atoms with Crippen molar-refractivity contribution in [1.82, 2.24) is 4.90 Å². The average Bonchev–Trinajstić information content (AvgIpc) is 2.91. The van der Waals surface area contributed by atoms with Gasteiger partial charge in [0.1, 0.15) is 10.9 Å². The zero-order valence-electron chi connectivity index (χ0n) is 14.7. The molecule has 0 saturated carbocycles. The second kappa shape index (κ2) is 8.69. The van der Waals surface area contributed by atoms with E-state index in [4.69, 9.17) is 0 Å². The molecule has 1 saturated heterocycles. The quantitative estimate of drug-likeness (QED) is 0.375. The number of hydrogen-bond acceptors (Lipinski definition) is 6. The van der Waals surface area contributed by atoms with E-state index < -0.39 is 16.1 Å². The minimum atomic E-state index is -0.629. The van der Waals surface area contributed by atoms with Gasteiger partial charge in [-0.05, 0) is 52.9 Å². The van der Waals surface area contributed by atoms with Crippen molar-refractivity contribution in [2.24, 2.45) is 4.99 Å². The first-order valence-corrected chi connectivity index (χ1v) is 10.1. The summed E-state index contributed by atoms with van der Waals surface area (Å²) in [6.07, 6.45) is -0.106. The number of amidine groups is 1. The molecule has 1 atom stereocenters. The predicted octanol–water partition coefficient (Wildman–Crippen LogP) is 3.79. The minimum Gasteiger partial charge on any atom is -0.320 e. The maximum atomic E-state index is 12.5. The molecule has 0 radical (unpaired) electrons. The molecule has 1 aliphatic rings. The van der Waals surface area contributed by atoms with Gasteiger partial charge in [0.15, 0.2) is 5.17 Å². The summed E-state index contributed by atoms with van der Waals surface area (Å²) in [6, 6.07) is 13.4. The Morgan fingerprint density at radius 3 is 2.64 bits per heavy atom. The van der Waals surface area contributed by atoms with Crippen LogP contribution in [-0.4, -0.2) is 39.1 Å². The van der Waals surface area contributed by atoms with E-state index in [1.165, 1.54) is 34.9 Å².